The summed E-state index contributed by atoms with van der Waals surface area (Å²) in [7, 11) is 1.50. The summed E-state index contributed by atoms with van der Waals surface area (Å²) < 4.78 is 18.7. The normalized spacial score (nSPS) is 31.3. The largest absolute Gasteiger partial charge is 0.455 e. The van der Waals surface area contributed by atoms with Gasteiger partial charge in [-0.25, -0.2) is 0 Å². The van der Waals surface area contributed by atoms with E-state index in [0.717, 1.165) is 5.56 Å². The molecular weight excluding hydrogens is 674 g/mol. The zero-order valence-electron chi connectivity index (χ0n) is 29.4. The van der Waals surface area contributed by atoms with E-state index < -0.39 is 72.2 Å². The van der Waals surface area contributed by atoms with Crippen LogP contribution in [-0.4, -0.2) is 90.4 Å². The van der Waals surface area contributed by atoms with Crippen molar-refractivity contribution >= 4 is 41.0 Å². The Balaban J connectivity index is 1.50. The van der Waals surface area contributed by atoms with Crippen molar-refractivity contribution < 1.29 is 38.5 Å². The van der Waals surface area contributed by atoms with E-state index in [1.165, 1.54) is 12.0 Å². The number of ether oxygens (including phenoxy) is 3. The van der Waals surface area contributed by atoms with Crippen LogP contribution in [0.2, 0.25) is 5.02 Å². The highest BCUT2D eigenvalue weighted by molar-refractivity contribution is 6.34. The van der Waals surface area contributed by atoms with Crippen LogP contribution in [0.15, 0.2) is 72.8 Å². The molecule has 272 valence electrons. The number of allylic oxidation sites excluding steroid dienone is 1. The number of cyclic esters (lactones) is 1. The van der Waals surface area contributed by atoms with Gasteiger partial charge in [-0.15, -0.1) is 0 Å². The summed E-state index contributed by atoms with van der Waals surface area (Å²) in [6.07, 6.45) is 6.20. The molecule has 0 aliphatic carbocycles. The van der Waals surface area contributed by atoms with Crippen molar-refractivity contribution in [1.29, 1.82) is 0 Å². The fourth-order valence-corrected chi connectivity index (χ4v) is 8.49. The van der Waals surface area contributed by atoms with Gasteiger partial charge < -0.3 is 34.4 Å². The number of hydrogen-bond donors (Lipinski definition) is 2. The monoisotopic (exact) mass is 719 g/mol. The SMILES string of the molecule is CC[C@H](C)[C@H](CO)N1C(=O)[C@@H]2[C@H]3C(=O)O[C@H](c4ccccc4)[C@@H](COC)NC(=O)CC/C=C\[C@H]3O[C@@]23C=CCN(c2c(C)cccc2Cl)C(=O)[C@@H]13. The molecule has 4 aliphatic rings. The third-order valence-corrected chi connectivity index (χ3v) is 11.1. The van der Waals surface area contributed by atoms with Gasteiger partial charge in [0, 0.05) is 20.1 Å². The molecule has 0 unspecified atom stereocenters. The summed E-state index contributed by atoms with van der Waals surface area (Å²) in [5, 5.41) is 14.1. The molecule has 2 fully saturated rings. The number of methoxy groups -OCH3 is 1. The Morgan fingerprint density at radius 2 is 1.84 bits per heavy atom. The number of aliphatic hydroxyl groups excluding tert-OH is 1. The van der Waals surface area contributed by atoms with Crippen molar-refractivity contribution in [2.24, 2.45) is 17.8 Å². The zero-order valence-corrected chi connectivity index (χ0v) is 30.1. The summed E-state index contributed by atoms with van der Waals surface area (Å²) in [6.45, 7) is 5.55. The van der Waals surface area contributed by atoms with Crippen molar-refractivity contribution in [3.63, 3.8) is 0 Å². The third-order valence-electron chi connectivity index (χ3n) is 10.8. The highest BCUT2D eigenvalue weighted by atomic mass is 35.5. The number of carbonyl (C=O) groups excluding carboxylic acids is 4. The first kappa shape index (κ1) is 36.8. The van der Waals surface area contributed by atoms with Gasteiger partial charge in [0.15, 0.2) is 0 Å². The van der Waals surface area contributed by atoms with Crippen LogP contribution in [0.5, 0.6) is 0 Å². The molecule has 11 nitrogen and oxygen atoms in total. The van der Waals surface area contributed by atoms with Crippen molar-refractivity contribution in [3.8, 4) is 0 Å². The second kappa shape index (κ2) is 15.3. The zero-order chi connectivity index (χ0) is 36.4. The van der Waals surface area contributed by atoms with Gasteiger partial charge in [0.1, 0.15) is 23.7 Å². The van der Waals surface area contributed by atoms with Crippen LogP contribution in [-0.2, 0) is 33.4 Å². The van der Waals surface area contributed by atoms with Gasteiger partial charge in [-0.05, 0) is 36.5 Å². The number of para-hydroxylation sites is 1. The molecule has 0 saturated carbocycles. The molecule has 51 heavy (non-hydrogen) atoms. The molecule has 12 heteroatoms. The van der Waals surface area contributed by atoms with Crippen molar-refractivity contribution in [2.45, 2.75) is 76.0 Å². The standard InChI is InChI=1S/C39H46ClN3O8/c1-5-23(2)28(21-44)43-35-37(47)42(33-24(3)13-11-16-26(33)40)20-12-19-39(35)32(36(43)46)31-29(51-39)17-9-10-18-30(45)41-27(22-49-4)34(50-38(31)48)25-14-7-6-8-15-25/h6-9,11-17,19,23,27-29,31-32,34-35,44H,5,10,18,20-22H2,1-4H3,(H,41,45)/b17-9-/t23-,27+,28-,29+,31-,32-,34+,35+,39-/m0/s1. The van der Waals surface area contributed by atoms with Crippen LogP contribution in [0.25, 0.3) is 0 Å². The number of anilines is 1. The molecule has 0 radical (unpaired) electrons. The fourth-order valence-electron chi connectivity index (χ4n) is 8.17. The average molecular weight is 720 g/mol. The second-order valence-corrected chi connectivity index (χ2v) is 14.3. The maximum atomic E-state index is 15.0. The highest BCUT2D eigenvalue weighted by Gasteiger charge is 2.73. The maximum absolute atomic E-state index is 15.0. The third kappa shape index (κ3) is 6.61. The minimum absolute atomic E-state index is 0.0583. The minimum Gasteiger partial charge on any atom is -0.455 e. The number of esters is 1. The first-order valence-electron chi connectivity index (χ1n) is 17.6. The van der Waals surface area contributed by atoms with E-state index in [1.54, 1.807) is 53.5 Å². The van der Waals surface area contributed by atoms with Gasteiger partial charge in [0.25, 0.3) is 5.91 Å². The number of rotatable bonds is 8. The summed E-state index contributed by atoms with van der Waals surface area (Å²) in [6, 6.07) is 11.7. The predicted octanol–water partition coefficient (Wildman–Crippen LogP) is 4.30. The Morgan fingerprint density at radius 1 is 1.08 bits per heavy atom. The topological polar surface area (TPSA) is 135 Å². The van der Waals surface area contributed by atoms with Crippen LogP contribution < -0.4 is 10.2 Å². The Labute approximate surface area is 303 Å². The lowest BCUT2D eigenvalue weighted by atomic mass is 9.77. The number of amides is 3. The summed E-state index contributed by atoms with van der Waals surface area (Å²) in [5.41, 5.74) is 0.339. The number of hydrogen-bond acceptors (Lipinski definition) is 8. The second-order valence-electron chi connectivity index (χ2n) is 13.8. The van der Waals surface area contributed by atoms with E-state index in [2.05, 4.69) is 5.32 Å². The number of halogens is 1. The van der Waals surface area contributed by atoms with E-state index in [9.17, 15) is 14.7 Å². The molecule has 6 rings (SSSR count). The molecule has 2 aromatic rings. The van der Waals surface area contributed by atoms with Gasteiger partial charge >= 0.3 is 5.97 Å². The molecule has 2 N–H and O–H groups in total. The van der Waals surface area contributed by atoms with Crippen LogP contribution in [0.4, 0.5) is 5.69 Å². The number of aryl methyl sites for hydroxylation is 1. The molecule has 2 aromatic carbocycles. The lowest BCUT2D eigenvalue weighted by Crippen LogP contribution is -2.59. The highest BCUT2D eigenvalue weighted by Crippen LogP contribution is 2.54. The van der Waals surface area contributed by atoms with Gasteiger partial charge in [-0.3, -0.25) is 19.2 Å². The molecule has 3 amide bonds. The van der Waals surface area contributed by atoms with E-state index in [0.29, 0.717) is 29.1 Å². The lowest BCUT2D eigenvalue weighted by molar-refractivity contribution is -0.163. The Bertz CT molecular complexity index is 1680. The van der Waals surface area contributed by atoms with Gasteiger partial charge in [0.05, 0.1) is 48.0 Å². The number of nitrogens with zero attached hydrogens (tertiary/aromatic N) is 2. The van der Waals surface area contributed by atoms with Crippen molar-refractivity contribution in [1.82, 2.24) is 10.2 Å². The number of benzene rings is 2. The van der Waals surface area contributed by atoms with Crippen molar-refractivity contribution in [2.75, 3.05) is 31.8 Å². The predicted molar refractivity (Wildman–Crippen MR) is 191 cm³/mol. The summed E-state index contributed by atoms with van der Waals surface area (Å²) in [5.74, 6) is -4.36. The smallest absolute Gasteiger partial charge is 0.313 e. The molecule has 4 heterocycles. The number of aliphatic hydroxyl groups is 1. The molecule has 0 bridgehead atoms. The molecule has 2 saturated heterocycles. The average Bonchev–Trinajstić information content (AvgIpc) is 3.50. The fraction of sp³-hybridized carbons (Fsp3) is 0.487. The Morgan fingerprint density at radius 3 is 2.53 bits per heavy atom. The molecule has 0 aromatic heterocycles. The number of fused-ring (bicyclic) bond motifs is 2. The number of likely N-dealkylation sites (tertiary alicyclic amines) is 1. The lowest BCUT2D eigenvalue weighted by Gasteiger charge is -2.40. The quantitative estimate of drug-likeness (QED) is 0.305. The first-order valence-corrected chi connectivity index (χ1v) is 18.0. The van der Waals surface area contributed by atoms with Crippen LogP contribution in [0.1, 0.15) is 50.3 Å². The maximum Gasteiger partial charge on any atom is 0.313 e. The molecular formula is C39H46ClN3O8. The van der Waals surface area contributed by atoms with E-state index in [-0.39, 0.29) is 31.4 Å². The van der Waals surface area contributed by atoms with Gasteiger partial charge in [-0.2, -0.15) is 0 Å². The van der Waals surface area contributed by atoms with Crippen LogP contribution >= 0.6 is 11.6 Å². The molecule has 9 atom stereocenters. The van der Waals surface area contributed by atoms with Crippen molar-refractivity contribution in [3.05, 3.63) is 89.0 Å². The van der Waals surface area contributed by atoms with Crippen LogP contribution in [0.3, 0.4) is 0 Å². The van der Waals surface area contributed by atoms with E-state index >= 15 is 9.59 Å². The summed E-state index contributed by atoms with van der Waals surface area (Å²) in [4.78, 5) is 60.9. The Kier molecular flexibility index (Phi) is 11.0. The first-order chi connectivity index (χ1) is 24.6. The number of carbonyl (C=O) groups is 4. The van der Waals surface area contributed by atoms with Gasteiger partial charge in [-0.1, -0.05) is 98.6 Å². The Hall–Kier alpha value is -4.03. The molecule has 1 spiro atoms. The summed E-state index contributed by atoms with van der Waals surface area (Å²) >= 11 is 6.70. The van der Waals surface area contributed by atoms with Gasteiger partial charge in [0.2, 0.25) is 11.8 Å². The minimum atomic E-state index is -1.58. The van der Waals surface area contributed by atoms with Crippen LogP contribution in [0, 0.1) is 24.7 Å². The van der Waals surface area contributed by atoms with E-state index in [4.69, 9.17) is 25.8 Å². The number of nitrogens with one attached hydrogen (secondary N) is 1. The van der Waals surface area contributed by atoms with E-state index in [1.807, 2.05) is 45.0 Å². The molecule has 4 aliphatic heterocycles.